The third-order valence-corrected chi connectivity index (χ3v) is 4.88. The van der Waals surface area contributed by atoms with E-state index in [-0.39, 0.29) is 17.6 Å². The van der Waals surface area contributed by atoms with Crippen LogP contribution in [0.2, 0.25) is 5.02 Å². The maximum absolute atomic E-state index is 13.3. The molecule has 2 atom stereocenters. The minimum atomic E-state index is -0.659. The van der Waals surface area contributed by atoms with Crippen LogP contribution in [0.5, 0.6) is 5.75 Å². The van der Waals surface area contributed by atoms with E-state index in [1.54, 1.807) is 42.4 Å². The molecule has 2 rings (SSSR count). The second-order valence-corrected chi connectivity index (χ2v) is 8.55. The zero-order valence-corrected chi connectivity index (χ0v) is 19.4. The molecule has 2 aromatic rings. The number of Topliss-reactive ketones (excluding diaryl/α,β-unsaturated/α-hetero) is 1. The van der Waals surface area contributed by atoms with Crippen molar-refractivity contribution in [1.82, 2.24) is 14.8 Å². The number of rotatable bonds is 14. The molecule has 0 spiro atoms. The lowest BCUT2D eigenvalue weighted by molar-refractivity contribution is -0.135. The molecule has 172 valence electrons. The summed E-state index contributed by atoms with van der Waals surface area (Å²) in [4.78, 5) is 17.3. The topological polar surface area (TPSA) is 84.7 Å². The van der Waals surface area contributed by atoms with Crippen molar-refractivity contribution in [3.05, 3.63) is 41.9 Å². The lowest BCUT2D eigenvalue weighted by atomic mass is 9.76. The van der Waals surface area contributed by atoms with Crippen molar-refractivity contribution in [1.29, 1.82) is 0 Å². The summed E-state index contributed by atoms with van der Waals surface area (Å²) in [5.74, 6) is 0.144. The lowest BCUT2D eigenvalue weighted by Crippen LogP contribution is -2.40. The number of carbonyl (C=O) groups excluding carboxylic acids is 1. The largest absolute Gasteiger partial charge is 0.468 e. The van der Waals surface area contributed by atoms with Gasteiger partial charge in [-0.3, -0.25) is 4.79 Å². The van der Waals surface area contributed by atoms with Crippen molar-refractivity contribution in [2.75, 3.05) is 40.1 Å². The molecule has 1 aromatic heterocycles. The Morgan fingerprint density at radius 3 is 2.29 bits per heavy atom. The molecular formula is C22H32ClN3O5. The van der Waals surface area contributed by atoms with E-state index in [0.717, 1.165) is 0 Å². The number of methoxy groups -OCH3 is 1. The first-order valence-electron chi connectivity index (χ1n) is 10.3. The molecule has 0 fully saturated rings. The molecule has 0 saturated carbocycles. The van der Waals surface area contributed by atoms with Crippen LogP contribution in [-0.4, -0.2) is 60.7 Å². The number of aromatic nitrogens is 3. The molecule has 1 heterocycles. The average molecular weight is 454 g/mol. The van der Waals surface area contributed by atoms with E-state index in [9.17, 15) is 4.79 Å². The molecule has 1 aromatic carbocycles. The Balaban J connectivity index is 2.04. The summed E-state index contributed by atoms with van der Waals surface area (Å²) in [5.41, 5.74) is -0.386. The number of halogens is 1. The Kier molecular flexibility index (Phi) is 10.4. The zero-order chi connectivity index (χ0) is 22.7. The summed E-state index contributed by atoms with van der Waals surface area (Å²) < 4.78 is 23.6. The van der Waals surface area contributed by atoms with Gasteiger partial charge in [-0.25, -0.2) is 9.67 Å². The summed E-state index contributed by atoms with van der Waals surface area (Å²) in [6.07, 6.45) is 2.58. The molecule has 0 amide bonds. The average Bonchev–Trinajstić information content (AvgIpc) is 3.25. The quantitative estimate of drug-likeness (QED) is 0.402. The standard InChI is InChI=1S/C22H32ClN3O5/c1-22(2,3)20(19(27)9-10-29-13-14-30-12-11-28-4)21(26-16-24-15-25-26)31-18-7-5-17(23)6-8-18/h5-8,15-16,20-21H,9-14H2,1-4H3. The summed E-state index contributed by atoms with van der Waals surface area (Å²) in [7, 11) is 1.63. The number of nitrogens with zero attached hydrogens (tertiary/aromatic N) is 3. The van der Waals surface area contributed by atoms with Crippen LogP contribution < -0.4 is 4.74 Å². The van der Waals surface area contributed by atoms with Crippen molar-refractivity contribution in [3.63, 3.8) is 0 Å². The van der Waals surface area contributed by atoms with Crippen molar-refractivity contribution in [3.8, 4) is 5.75 Å². The van der Waals surface area contributed by atoms with Crippen molar-refractivity contribution >= 4 is 17.4 Å². The molecule has 0 saturated heterocycles. The Bertz CT molecular complexity index is 762. The Morgan fingerprint density at radius 1 is 1.06 bits per heavy atom. The number of carbonyl (C=O) groups is 1. The van der Waals surface area contributed by atoms with E-state index < -0.39 is 12.1 Å². The fourth-order valence-electron chi connectivity index (χ4n) is 3.14. The number of benzene rings is 1. The predicted molar refractivity (Wildman–Crippen MR) is 117 cm³/mol. The first-order valence-corrected chi connectivity index (χ1v) is 10.6. The molecule has 2 unspecified atom stereocenters. The van der Waals surface area contributed by atoms with E-state index in [2.05, 4.69) is 10.1 Å². The van der Waals surface area contributed by atoms with Gasteiger partial charge in [0, 0.05) is 18.6 Å². The van der Waals surface area contributed by atoms with Gasteiger partial charge in [-0.1, -0.05) is 32.4 Å². The number of ketones is 1. The Labute approximate surface area is 188 Å². The molecule has 9 heteroatoms. The summed E-state index contributed by atoms with van der Waals surface area (Å²) in [6.45, 7) is 8.28. The molecule has 0 aliphatic heterocycles. The molecule has 31 heavy (non-hydrogen) atoms. The van der Waals surface area contributed by atoms with Crippen LogP contribution in [-0.2, 0) is 19.0 Å². The summed E-state index contributed by atoms with van der Waals surface area (Å²) >= 11 is 5.99. The number of hydrogen-bond donors (Lipinski definition) is 0. The minimum Gasteiger partial charge on any atom is -0.468 e. The van der Waals surface area contributed by atoms with Gasteiger partial charge in [0.15, 0.2) is 0 Å². The van der Waals surface area contributed by atoms with Crippen LogP contribution in [0, 0.1) is 11.3 Å². The first-order chi connectivity index (χ1) is 14.8. The van der Waals surface area contributed by atoms with Crippen LogP contribution in [0.1, 0.15) is 33.4 Å². The highest BCUT2D eigenvalue weighted by molar-refractivity contribution is 6.30. The van der Waals surface area contributed by atoms with Gasteiger partial charge in [-0.2, -0.15) is 5.10 Å². The SMILES string of the molecule is COCCOCCOCCC(=O)C(C(Oc1ccc(Cl)cc1)n1cncn1)C(C)(C)C. The highest BCUT2D eigenvalue weighted by Gasteiger charge is 2.40. The lowest BCUT2D eigenvalue weighted by Gasteiger charge is -2.35. The van der Waals surface area contributed by atoms with Gasteiger partial charge in [0.1, 0.15) is 24.2 Å². The van der Waals surface area contributed by atoms with Crippen molar-refractivity contribution in [2.24, 2.45) is 11.3 Å². The number of ether oxygens (including phenoxy) is 4. The smallest absolute Gasteiger partial charge is 0.203 e. The van der Waals surface area contributed by atoms with Gasteiger partial charge >= 0.3 is 0 Å². The zero-order valence-electron chi connectivity index (χ0n) is 18.6. The van der Waals surface area contributed by atoms with E-state index in [1.807, 2.05) is 20.8 Å². The molecule has 0 aliphatic rings. The van der Waals surface area contributed by atoms with Gasteiger partial charge in [0.25, 0.3) is 0 Å². The molecule has 0 N–H and O–H groups in total. The normalized spacial score (nSPS) is 13.7. The van der Waals surface area contributed by atoms with Crippen molar-refractivity contribution < 1.29 is 23.7 Å². The van der Waals surface area contributed by atoms with E-state index >= 15 is 0 Å². The summed E-state index contributed by atoms with van der Waals surface area (Å²) in [5, 5.41) is 4.84. The van der Waals surface area contributed by atoms with Gasteiger partial charge in [0.05, 0.1) is 39.0 Å². The fourth-order valence-corrected chi connectivity index (χ4v) is 3.26. The third-order valence-electron chi connectivity index (χ3n) is 4.63. The van der Waals surface area contributed by atoms with Crippen LogP contribution in [0.25, 0.3) is 0 Å². The van der Waals surface area contributed by atoms with Crippen LogP contribution in [0.15, 0.2) is 36.9 Å². The van der Waals surface area contributed by atoms with E-state index in [0.29, 0.717) is 43.8 Å². The van der Waals surface area contributed by atoms with Crippen molar-refractivity contribution in [2.45, 2.75) is 33.4 Å². The second kappa shape index (κ2) is 12.8. The van der Waals surface area contributed by atoms with Gasteiger partial charge in [0.2, 0.25) is 6.23 Å². The minimum absolute atomic E-state index is 0.0299. The van der Waals surface area contributed by atoms with Crippen LogP contribution >= 0.6 is 11.6 Å². The Hall–Kier alpha value is -2.00. The predicted octanol–water partition coefficient (Wildman–Crippen LogP) is 3.81. The maximum atomic E-state index is 13.3. The molecule has 0 bridgehead atoms. The monoisotopic (exact) mass is 453 g/mol. The molecule has 0 radical (unpaired) electrons. The van der Waals surface area contributed by atoms with Gasteiger partial charge < -0.3 is 18.9 Å². The van der Waals surface area contributed by atoms with Gasteiger partial charge in [-0.05, 0) is 29.7 Å². The molecule has 8 nitrogen and oxygen atoms in total. The third kappa shape index (κ3) is 8.57. The first kappa shape index (κ1) is 25.3. The number of hydrogen-bond acceptors (Lipinski definition) is 7. The van der Waals surface area contributed by atoms with E-state index in [4.69, 9.17) is 30.5 Å². The molecular weight excluding hydrogens is 422 g/mol. The van der Waals surface area contributed by atoms with E-state index in [1.165, 1.54) is 6.33 Å². The van der Waals surface area contributed by atoms with Gasteiger partial charge in [-0.15, -0.1) is 0 Å². The van der Waals surface area contributed by atoms with Crippen LogP contribution in [0.3, 0.4) is 0 Å². The Morgan fingerprint density at radius 2 is 1.71 bits per heavy atom. The summed E-state index contributed by atoms with van der Waals surface area (Å²) in [6, 6.07) is 7.02. The second-order valence-electron chi connectivity index (χ2n) is 8.12. The fraction of sp³-hybridized carbons (Fsp3) is 0.591. The van der Waals surface area contributed by atoms with Crippen LogP contribution in [0.4, 0.5) is 0 Å². The highest BCUT2D eigenvalue weighted by Crippen LogP contribution is 2.37. The molecule has 0 aliphatic carbocycles. The maximum Gasteiger partial charge on any atom is 0.203 e. The highest BCUT2D eigenvalue weighted by atomic mass is 35.5.